The molecule has 0 aliphatic heterocycles. The molecular weight excluding hydrogens is 474 g/mol. The summed E-state index contributed by atoms with van der Waals surface area (Å²) in [4.78, 5) is 12.9. The first-order valence-electron chi connectivity index (χ1n) is 10.8. The SMILES string of the molecule is CCOC(=O)C(Sc1nnc(-c2cccc(Br)c2)n1C1CCCCC1)c1ccccc1. The van der Waals surface area contributed by atoms with Gasteiger partial charge < -0.3 is 4.74 Å². The minimum absolute atomic E-state index is 0.249. The Bertz CT molecular complexity index is 1020. The van der Waals surface area contributed by atoms with E-state index in [2.05, 4.69) is 42.8 Å². The third-order valence-corrected chi connectivity index (χ3v) is 7.20. The van der Waals surface area contributed by atoms with E-state index < -0.39 is 5.25 Å². The second-order valence-corrected chi connectivity index (χ2v) is 9.63. The van der Waals surface area contributed by atoms with Crippen LogP contribution in [0.15, 0.2) is 64.2 Å². The zero-order valence-corrected chi connectivity index (χ0v) is 19.9. The van der Waals surface area contributed by atoms with Crippen LogP contribution in [0.25, 0.3) is 11.4 Å². The number of ether oxygens (including phenoxy) is 1. The van der Waals surface area contributed by atoms with Crippen LogP contribution >= 0.6 is 27.7 Å². The number of rotatable bonds is 7. The van der Waals surface area contributed by atoms with Gasteiger partial charge in [0.2, 0.25) is 0 Å². The van der Waals surface area contributed by atoms with Gasteiger partial charge in [-0.1, -0.05) is 89.4 Å². The van der Waals surface area contributed by atoms with Crippen LogP contribution in [0.4, 0.5) is 0 Å². The number of esters is 1. The molecule has 4 rings (SSSR count). The molecule has 7 heteroatoms. The van der Waals surface area contributed by atoms with Crippen LogP contribution in [0.1, 0.15) is 55.9 Å². The molecule has 0 N–H and O–H groups in total. The summed E-state index contributed by atoms with van der Waals surface area (Å²) >= 11 is 5.00. The molecular formula is C24H26BrN3O2S. The molecule has 2 aromatic carbocycles. The largest absolute Gasteiger partial charge is 0.465 e. The first-order chi connectivity index (χ1) is 15.2. The van der Waals surface area contributed by atoms with Crippen LogP contribution < -0.4 is 0 Å². The maximum Gasteiger partial charge on any atom is 0.324 e. The van der Waals surface area contributed by atoms with Gasteiger partial charge in [-0.05, 0) is 37.5 Å². The third-order valence-electron chi connectivity index (χ3n) is 5.51. The fourth-order valence-electron chi connectivity index (χ4n) is 4.05. The highest BCUT2D eigenvalue weighted by atomic mass is 79.9. The van der Waals surface area contributed by atoms with Crippen molar-refractivity contribution in [1.82, 2.24) is 14.8 Å². The topological polar surface area (TPSA) is 57.0 Å². The number of benzene rings is 2. The highest BCUT2D eigenvalue weighted by Crippen LogP contribution is 2.41. The Morgan fingerprint density at radius 2 is 1.90 bits per heavy atom. The zero-order valence-electron chi connectivity index (χ0n) is 17.5. The van der Waals surface area contributed by atoms with Gasteiger partial charge in [-0.2, -0.15) is 0 Å². The molecule has 1 atom stereocenters. The molecule has 1 saturated carbocycles. The summed E-state index contributed by atoms with van der Waals surface area (Å²) < 4.78 is 8.66. The number of nitrogens with zero attached hydrogens (tertiary/aromatic N) is 3. The predicted molar refractivity (Wildman–Crippen MR) is 127 cm³/mol. The maximum absolute atomic E-state index is 12.9. The Balaban J connectivity index is 1.75. The molecule has 1 aliphatic rings. The fraction of sp³-hybridized carbons (Fsp3) is 0.375. The lowest BCUT2D eigenvalue weighted by Crippen LogP contribution is -2.17. The highest BCUT2D eigenvalue weighted by molar-refractivity contribution is 9.10. The van der Waals surface area contributed by atoms with Crippen LogP contribution in [0, 0.1) is 0 Å². The summed E-state index contributed by atoms with van der Waals surface area (Å²) in [5.41, 5.74) is 1.93. The lowest BCUT2D eigenvalue weighted by molar-refractivity contribution is -0.142. The smallest absolute Gasteiger partial charge is 0.324 e. The van der Waals surface area contributed by atoms with Crippen molar-refractivity contribution in [3.8, 4) is 11.4 Å². The van der Waals surface area contributed by atoms with Crippen molar-refractivity contribution < 1.29 is 9.53 Å². The van der Waals surface area contributed by atoms with E-state index in [0.717, 1.165) is 39.4 Å². The van der Waals surface area contributed by atoms with Gasteiger partial charge in [-0.25, -0.2) is 0 Å². The lowest BCUT2D eigenvalue weighted by atomic mass is 9.95. The molecule has 1 aliphatic carbocycles. The van der Waals surface area contributed by atoms with Crippen molar-refractivity contribution in [2.24, 2.45) is 0 Å². The summed E-state index contributed by atoms with van der Waals surface area (Å²) in [6.07, 6.45) is 5.86. The number of hydrogen-bond acceptors (Lipinski definition) is 5. The average Bonchev–Trinajstić information content (AvgIpc) is 3.22. The maximum atomic E-state index is 12.9. The van der Waals surface area contributed by atoms with E-state index in [-0.39, 0.29) is 5.97 Å². The van der Waals surface area contributed by atoms with E-state index >= 15 is 0 Å². The summed E-state index contributed by atoms with van der Waals surface area (Å²) in [5.74, 6) is 0.604. The minimum Gasteiger partial charge on any atom is -0.465 e. The van der Waals surface area contributed by atoms with E-state index in [4.69, 9.17) is 4.74 Å². The van der Waals surface area contributed by atoms with Crippen molar-refractivity contribution in [1.29, 1.82) is 0 Å². The van der Waals surface area contributed by atoms with Crippen LogP contribution in [-0.2, 0) is 9.53 Å². The average molecular weight is 500 g/mol. The normalized spacial score (nSPS) is 15.5. The van der Waals surface area contributed by atoms with Crippen molar-refractivity contribution in [3.05, 3.63) is 64.6 Å². The molecule has 1 fully saturated rings. The fourth-order valence-corrected chi connectivity index (χ4v) is 5.56. The number of carbonyl (C=O) groups excluding carboxylic acids is 1. The standard InChI is InChI=1S/C24H26BrN3O2S/c1-2-30-23(29)21(17-10-5-3-6-11-17)31-24-27-26-22(18-12-9-13-19(25)16-18)28(24)20-14-7-4-8-15-20/h3,5-6,9-13,16,20-21H,2,4,7-8,14-15H2,1H3. The van der Waals surface area contributed by atoms with Crippen molar-refractivity contribution in [2.75, 3.05) is 6.61 Å². The Kier molecular flexibility index (Phi) is 7.45. The molecule has 162 valence electrons. The quantitative estimate of drug-likeness (QED) is 0.270. The molecule has 1 aromatic heterocycles. The second-order valence-electron chi connectivity index (χ2n) is 7.64. The summed E-state index contributed by atoms with van der Waals surface area (Å²) in [5, 5.41) is 9.42. The number of carbonyl (C=O) groups is 1. The van der Waals surface area contributed by atoms with Crippen LogP contribution in [-0.4, -0.2) is 27.3 Å². The molecule has 0 radical (unpaired) electrons. The molecule has 3 aromatic rings. The Hall–Kier alpha value is -2.12. The van der Waals surface area contributed by atoms with Gasteiger partial charge in [0.25, 0.3) is 0 Å². The zero-order chi connectivity index (χ0) is 21.6. The number of halogens is 1. The van der Waals surface area contributed by atoms with Crippen molar-refractivity contribution in [3.63, 3.8) is 0 Å². The third kappa shape index (κ3) is 5.21. The van der Waals surface area contributed by atoms with Gasteiger partial charge in [0.1, 0.15) is 5.25 Å². The van der Waals surface area contributed by atoms with E-state index in [1.165, 1.54) is 31.0 Å². The predicted octanol–water partition coefficient (Wildman–Crippen LogP) is 6.61. The monoisotopic (exact) mass is 499 g/mol. The van der Waals surface area contributed by atoms with Gasteiger partial charge in [-0.3, -0.25) is 9.36 Å². The molecule has 0 saturated heterocycles. The molecule has 0 spiro atoms. The van der Waals surface area contributed by atoms with Gasteiger partial charge >= 0.3 is 5.97 Å². The van der Waals surface area contributed by atoms with Crippen LogP contribution in [0.5, 0.6) is 0 Å². The van der Waals surface area contributed by atoms with E-state index in [9.17, 15) is 4.79 Å². The summed E-state index contributed by atoms with van der Waals surface area (Å²) in [6.45, 7) is 2.18. The first-order valence-corrected chi connectivity index (χ1v) is 12.4. The lowest BCUT2D eigenvalue weighted by Gasteiger charge is -2.26. The van der Waals surface area contributed by atoms with Gasteiger partial charge in [0.15, 0.2) is 11.0 Å². The summed E-state index contributed by atoms with van der Waals surface area (Å²) in [6, 6.07) is 18.2. The number of hydrogen-bond donors (Lipinski definition) is 0. The molecule has 0 amide bonds. The Morgan fingerprint density at radius 1 is 1.13 bits per heavy atom. The summed E-state index contributed by atoms with van der Waals surface area (Å²) in [7, 11) is 0. The number of aromatic nitrogens is 3. The molecule has 5 nitrogen and oxygen atoms in total. The van der Waals surface area contributed by atoms with Crippen molar-refractivity contribution >= 4 is 33.7 Å². The molecule has 1 unspecified atom stereocenters. The van der Waals surface area contributed by atoms with E-state index in [1.807, 2.05) is 49.4 Å². The van der Waals surface area contributed by atoms with Crippen molar-refractivity contribution in [2.45, 2.75) is 55.5 Å². The Morgan fingerprint density at radius 3 is 2.61 bits per heavy atom. The molecule has 0 bridgehead atoms. The second kappa shape index (κ2) is 10.5. The minimum atomic E-state index is -0.483. The first kappa shape index (κ1) is 22.1. The Labute approximate surface area is 195 Å². The van der Waals surface area contributed by atoms with Gasteiger partial charge in [-0.15, -0.1) is 10.2 Å². The van der Waals surface area contributed by atoms with E-state index in [1.54, 1.807) is 0 Å². The molecule has 1 heterocycles. The van der Waals surface area contributed by atoms with Gasteiger partial charge in [0, 0.05) is 16.1 Å². The number of thioether (sulfide) groups is 1. The van der Waals surface area contributed by atoms with Crippen LogP contribution in [0.2, 0.25) is 0 Å². The van der Waals surface area contributed by atoms with E-state index in [0.29, 0.717) is 12.6 Å². The molecule has 31 heavy (non-hydrogen) atoms. The highest BCUT2D eigenvalue weighted by Gasteiger charge is 2.30. The van der Waals surface area contributed by atoms with Crippen LogP contribution in [0.3, 0.4) is 0 Å². The van der Waals surface area contributed by atoms with Gasteiger partial charge in [0.05, 0.1) is 6.61 Å².